The summed E-state index contributed by atoms with van der Waals surface area (Å²) in [7, 11) is -3.48. The molecule has 3 rings (SSSR count). The predicted molar refractivity (Wildman–Crippen MR) is 113 cm³/mol. The van der Waals surface area contributed by atoms with Crippen LogP contribution >= 0.6 is 11.6 Å². The van der Waals surface area contributed by atoms with Crippen LogP contribution in [0.2, 0.25) is 5.02 Å². The minimum absolute atomic E-state index is 0.0403. The number of anilines is 1. The fraction of sp³-hybridized carbons (Fsp3) is 0.381. The third-order valence-corrected chi connectivity index (χ3v) is 7.48. The Morgan fingerprint density at radius 3 is 2.68 bits per heavy atom. The number of nitrogens with one attached hydrogen (secondary N) is 1. The molecule has 7 heteroatoms. The fourth-order valence-electron chi connectivity index (χ4n) is 3.45. The minimum Gasteiger partial charge on any atom is -0.326 e. The van der Waals surface area contributed by atoms with E-state index in [4.69, 9.17) is 11.6 Å². The van der Waals surface area contributed by atoms with Gasteiger partial charge < -0.3 is 5.32 Å². The number of aryl methyl sites for hydroxylation is 1. The van der Waals surface area contributed by atoms with Crippen molar-refractivity contribution < 1.29 is 13.2 Å². The minimum atomic E-state index is -3.48. The molecule has 1 fully saturated rings. The molecule has 1 atom stereocenters. The lowest BCUT2D eigenvalue weighted by atomic mass is 9.98. The highest BCUT2D eigenvalue weighted by Gasteiger charge is 2.32. The monoisotopic (exact) mass is 420 g/mol. The van der Waals surface area contributed by atoms with E-state index in [1.165, 1.54) is 4.31 Å². The molecule has 1 heterocycles. The maximum absolute atomic E-state index is 12.9. The molecule has 2 aromatic carbocycles. The predicted octanol–water partition coefficient (Wildman–Crippen LogP) is 4.14. The Balaban J connectivity index is 1.70. The van der Waals surface area contributed by atoms with Crippen molar-refractivity contribution in [2.24, 2.45) is 5.92 Å². The summed E-state index contributed by atoms with van der Waals surface area (Å²) < 4.78 is 27.3. The first-order valence-corrected chi connectivity index (χ1v) is 11.3. The Labute approximate surface area is 171 Å². The van der Waals surface area contributed by atoms with Gasteiger partial charge in [0.05, 0.1) is 11.7 Å². The van der Waals surface area contributed by atoms with E-state index in [1.54, 1.807) is 18.2 Å². The van der Waals surface area contributed by atoms with Crippen molar-refractivity contribution in [1.82, 2.24) is 4.31 Å². The molecule has 0 aromatic heterocycles. The maximum atomic E-state index is 12.9. The van der Waals surface area contributed by atoms with E-state index >= 15 is 0 Å². The topological polar surface area (TPSA) is 66.5 Å². The second-order valence-electron chi connectivity index (χ2n) is 7.28. The molecule has 1 aliphatic heterocycles. The Morgan fingerprint density at radius 1 is 1.18 bits per heavy atom. The van der Waals surface area contributed by atoms with Crippen LogP contribution in [0.15, 0.2) is 42.5 Å². The van der Waals surface area contributed by atoms with Crippen molar-refractivity contribution >= 4 is 33.2 Å². The Bertz CT molecular complexity index is 975. The normalized spacial score (nSPS) is 18.0. The molecule has 2 aromatic rings. The van der Waals surface area contributed by atoms with Gasteiger partial charge in [-0.2, -0.15) is 0 Å². The summed E-state index contributed by atoms with van der Waals surface area (Å²) in [5.41, 5.74) is 3.21. The summed E-state index contributed by atoms with van der Waals surface area (Å²) in [5.74, 6) is -0.582. The number of nitrogens with zero attached hydrogens (tertiary/aromatic N) is 1. The van der Waals surface area contributed by atoms with E-state index in [0.29, 0.717) is 30.1 Å². The second kappa shape index (κ2) is 8.64. The standard InChI is InChI=1S/C21H25ClN2O3S/c1-15-7-3-4-8-18(15)14-28(26,27)24-12-6-9-17(13-24)21(25)23-20-11-5-10-19(22)16(20)2/h3-5,7-8,10-11,17H,6,9,12-14H2,1-2H3,(H,23,25)/t17-/m1/s1. The molecule has 1 saturated heterocycles. The van der Waals surface area contributed by atoms with Crippen molar-refractivity contribution in [2.75, 3.05) is 18.4 Å². The number of piperidine rings is 1. The molecule has 28 heavy (non-hydrogen) atoms. The van der Waals surface area contributed by atoms with E-state index in [2.05, 4.69) is 5.32 Å². The molecule has 150 valence electrons. The third-order valence-electron chi connectivity index (χ3n) is 5.27. The van der Waals surface area contributed by atoms with Gasteiger partial charge in [0.15, 0.2) is 0 Å². The fourth-order valence-corrected chi connectivity index (χ4v) is 5.33. The molecule has 0 aliphatic carbocycles. The summed E-state index contributed by atoms with van der Waals surface area (Å²) in [6.07, 6.45) is 1.33. The molecule has 0 bridgehead atoms. The van der Waals surface area contributed by atoms with Gasteiger partial charge in [0.2, 0.25) is 15.9 Å². The maximum Gasteiger partial charge on any atom is 0.228 e. The first-order valence-electron chi connectivity index (χ1n) is 9.36. The van der Waals surface area contributed by atoms with Crippen LogP contribution in [0, 0.1) is 19.8 Å². The second-order valence-corrected chi connectivity index (χ2v) is 9.66. The average molecular weight is 421 g/mol. The SMILES string of the molecule is Cc1ccccc1CS(=O)(=O)N1CCC[C@@H](C(=O)Nc2cccc(Cl)c2C)C1. The summed E-state index contributed by atoms with van der Waals surface area (Å²) in [5, 5.41) is 3.49. The number of benzene rings is 2. The molecular weight excluding hydrogens is 396 g/mol. The summed E-state index contributed by atoms with van der Waals surface area (Å²) in [6, 6.07) is 12.8. The van der Waals surface area contributed by atoms with Crippen LogP contribution in [0.3, 0.4) is 0 Å². The van der Waals surface area contributed by atoms with Gasteiger partial charge in [-0.15, -0.1) is 0 Å². The van der Waals surface area contributed by atoms with Crippen molar-refractivity contribution in [3.05, 3.63) is 64.2 Å². The lowest BCUT2D eigenvalue weighted by molar-refractivity contribution is -0.120. The number of carbonyl (C=O) groups excluding carboxylic acids is 1. The van der Waals surface area contributed by atoms with Crippen molar-refractivity contribution in [3.8, 4) is 0 Å². The van der Waals surface area contributed by atoms with Crippen LogP contribution in [0.4, 0.5) is 5.69 Å². The van der Waals surface area contributed by atoms with E-state index in [1.807, 2.05) is 38.1 Å². The number of sulfonamides is 1. The molecule has 0 unspecified atom stereocenters. The number of halogens is 1. The molecule has 0 radical (unpaired) electrons. The molecule has 1 amide bonds. The number of amides is 1. The highest BCUT2D eigenvalue weighted by Crippen LogP contribution is 2.26. The lowest BCUT2D eigenvalue weighted by Crippen LogP contribution is -2.44. The molecule has 1 aliphatic rings. The lowest BCUT2D eigenvalue weighted by Gasteiger charge is -2.31. The molecule has 0 saturated carbocycles. The van der Waals surface area contributed by atoms with E-state index < -0.39 is 10.0 Å². The highest BCUT2D eigenvalue weighted by atomic mass is 35.5. The highest BCUT2D eigenvalue weighted by molar-refractivity contribution is 7.88. The number of hydrogen-bond donors (Lipinski definition) is 1. The zero-order chi connectivity index (χ0) is 20.3. The van der Waals surface area contributed by atoms with Gasteiger partial charge in [-0.1, -0.05) is 41.9 Å². The molecule has 5 nitrogen and oxygen atoms in total. The van der Waals surface area contributed by atoms with Gasteiger partial charge in [-0.05, 0) is 55.5 Å². The zero-order valence-corrected chi connectivity index (χ0v) is 17.7. The Hall–Kier alpha value is -1.89. The van der Waals surface area contributed by atoms with Crippen molar-refractivity contribution in [2.45, 2.75) is 32.4 Å². The van der Waals surface area contributed by atoms with E-state index in [-0.39, 0.29) is 24.1 Å². The Kier molecular flexibility index (Phi) is 6.43. The largest absolute Gasteiger partial charge is 0.326 e. The van der Waals surface area contributed by atoms with E-state index in [9.17, 15) is 13.2 Å². The van der Waals surface area contributed by atoms with Gasteiger partial charge >= 0.3 is 0 Å². The van der Waals surface area contributed by atoms with Crippen molar-refractivity contribution in [1.29, 1.82) is 0 Å². The molecule has 0 spiro atoms. The van der Waals surface area contributed by atoms with Gasteiger partial charge in [-0.3, -0.25) is 4.79 Å². The van der Waals surface area contributed by atoms with Crippen LogP contribution in [0.1, 0.15) is 29.5 Å². The average Bonchev–Trinajstić information content (AvgIpc) is 2.67. The summed E-state index contributed by atoms with van der Waals surface area (Å²) in [4.78, 5) is 12.7. The number of rotatable bonds is 5. The van der Waals surface area contributed by atoms with E-state index in [0.717, 1.165) is 16.7 Å². The summed E-state index contributed by atoms with van der Waals surface area (Å²) >= 11 is 6.12. The number of carbonyl (C=O) groups is 1. The first-order chi connectivity index (χ1) is 13.3. The van der Waals surface area contributed by atoms with Crippen LogP contribution in [-0.2, 0) is 20.6 Å². The quantitative estimate of drug-likeness (QED) is 0.790. The van der Waals surface area contributed by atoms with Crippen LogP contribution in [-0.4, -0.2) is 31.7 Å². The van der Waals surface area contributed by atoms with Crippen LogP contribution in [0.25, 0.3) is 0 Å². The molecule has 1 N–H and O–H groups in total. The van der Waals surface area contributed by atoms with Gasteiger partial charge in [0.25, 0.3) is 0 Å². The van der Waals surface area contributed by atoms with Crippen molar-refractivity contribution in [3.63, 3.8) is 0 Å². The number of hydrogen-bond acceptors (Lipinski definition) is 3. The van der Waals surface area contributed by atoms with Crippen LogP contribution in [0.5, 0.6) is 0 Å². The van der Waals surface area contributed by atoms with Gasteiger partial charge in [0, 0.05) is 23.8 Å². The van der Waals surface area contributed by atoms with Crippen LogP contribution < -0.4 is 5.32 Å². The first kappa shape index (κ1) is 20.8. The molecular formula is C21H25ClN2O3S. The van der Waals surface area contributed by atoms with Gasteiger partial charge in [-0.25, -0.2) is 12.7 Å². The third kappa shape index (κ3) is 4.74. The summed E-state index contributed by atoms with van der Waals surface area (Å²) in [6.45, 7) is 4.41. The smallest absolute Gasteiger partial charge is 0.228 e. The van der Waals surface area contributed by atoms with Gasteiger partial charge in [0.1, 0.15) is 0 Å². The zero-order valence-electron chi connectivity index (χ0n) is 16.1. The Morgan fingerprint density at radius 2 is 1.93 bits per heavy atom.